The number of hydrogen-bond donors (Lipinski definition) is 2. The second kappa shape index (κ2) is 6.56. The van der Waals surface area contributed by atoms with Crippen LogP contribution < -0.4 is 5.32 Å². The number of nitrogens with one attached hydrogen (secondary N) is 1. The van der Waals surface area contributed by atoms with Crippen LogP contribution in [0, 0.1) is 5.92 Å². The van der Waals surface area contributed by atoms with Crippen LogP contribution in [0.3, 0.4) is 0 Å². The summed E-state index contributed by atoms with van der Waals surface area (Å²) in [6, 6.07) is 0. The van der Waals surface area contributed by atoms with Crippen LogP contribution >= 0.6 is 0 Å². The molecule has 0 aliphatic heterocycles. The molecule has 1 amide bonds. The van der Waals surface area contributed by atoms with E-state index in [9.17, 15) is 9.90 Å². The molecule has 0 saturated heterocycles. The van der Waals surface area contributed by atoms with Crippen molar-refractivity contribution in [2.75, 3.05) is 6.54 Å². The van der Waals surface area contributed by atoms with E-state index in [0.717, 1.165) is 25.1 Å². The van der Waals surface area contributed by atoms with Gasteiger partial charge in [-0.25, -0.2) is 0 Å². The van der Waals surface area contributed by atoms with Crippen molar-refractivity contribution in [1.82, 2.24) is 15.5 Å². The van der Waals surface area contributed by atoms with Gasteiger partial charge in [-0.05, 0) is 25.7 Å². The highest BCUT2D eigenvalue weighted by Gasteiger charge is 2.29. The van der Waals surface area contributed by atoms with E-state index < -0.39 is 5.60 Å². The van der Waals surface area contributed by atoms with Crippen LogP contribution in [0.5, 0.6) is 0 Å². The lowest BCUT2D eigenvalue weighted by Gasteiger charge is -2.29. The Morgan fingerprint density at radius 1 is 1.57 bits per heavy atom. The molecule has 118 valence electrons. The standard InChI is InChI=1S/C15H25N3O3/c1-4-10(2)15(3,20)9-16-12(19)7-8-13-17-14(18-21-13)11-5-6-11/h10-11,20H,4-9H2,1-3H3,(H,16,19). The maximum atomic E-state index is 11.8. The molecule has 21 heavy (non-hydrogen) atoms. The third-order valence-electron chi connectivity index (χ3n) is 4.31. The number of amides is 1. The summed E-state index contributed by atoms with van der Waals surface area (Å²) in [7, 11) is 0. The van der Waals surface area contributed by atoms with E-state index in [1.54, 1.807) is 6.92 Å². The quantitative estimate of drug-likeness (QED) is 0.763. The van der Waals surface area contributed by atoms with Crippen LogP contribution in [0.4, 0.5) is 0 Å². The lowest BCUT2D eigenvalue weighted by molar-refractivity contribution is -0.122. The van der Waals surface area contributed by atoms with E-state index in [1.165, 1.54) is 0 Å². The first-order chi connectivity index (χ1) is 9.92. The van der Waals surface area contributed by atoms with Crippen LogP contribution in [0.1, 0.15) is 64.1 Å². The van der Waals surface area contributed by atoms with Crippen LogP contribution in [0.15, 0.2) is 4.52 Å². The molecule has 1 aromatic heterocycles. The van der Waals surface area contributed by atoms with Crippen molar-refractivity contribution in [3.8, 4) is 0 Å². The normalized spacial score (nSPS) is 19.0. The molecule has 1 aliphatic rings. The van der Waals surface area contributed by atoms with Gasteiger partial charge in [0.05, 0.1) is 5.60 Å². The van der Waals surface area contributed by atoms with Crippen LogP contribution in [-0.2, 0) is 11.2 Å². The third kappa shape index (κ3) is 4.52. The molecule has 2 atom stereocenters. The fourth-order valence-electron chi connectivity index (χ4n) is 2.08. The molecule has 2 N–H and O–H groups in total. The molecule has 2 unspecified atom stereocenters. The Hall–Kier alpha value is -1.43. The van der Waals surface area contributed by atoms with Crippen molar-refractivity contribution in [3.63, 3.8) is 0 Å². The molecular formula is C15H25N3O3. The maximum Gasteiger partial charge on any atom is 0.227 e. The van der Waals surface area contributed by atoms with Gasteiger partial charge in [0.25, 0.3) is 0 Å². The van der Waals surface area contributed by atoms with Gasteiger partial charge in [0.15, 0.2) is 5.82 Å². The summed E-state index contributed by atoms with van der Waals surface area (Å²) in [5, 5.41) is 16.9. The molecule has 1 heterocycles. The summed E-state index contributed by atoms with van der Waals surface area (Å²) in [5.74, 6) is 1.77. The van der Waals surface area contributed by atoms with Gasteiger partial charge in [0, 0.05) is 25.3 Å². The van der Waals surface area contributed by atoms with Gasteiger partial charge in [-0.3, -0.25) is 4.79 Å². The molecule has 1 saturated carbocycles. The number of nitrogens with zero attached hydrogens (tertiary/aromatic N) is 2. The van der Waals surface area contributed by atoms with Crippen molar-refractivity contribution in [2.24, 2.45) is 5.92 Å². The number of aromatic nitrogens is 2. The van der Waals surface area contributed by atoms with Gasteiger partial charge < -0.3 is 14.9 Å². The van der Waals surface area contributed by atoms with Crippen LogP contribution in [-0.4, -0.2) is 33.3 Å². The van der Waals surface area contributed by atoms with Crippen LogP contribution in [0.2, 0.25) is 0 Å². The first-order valence-corrected chi connectivity index (χ1v) is 7.74. The van der Waals surface area contributed by atoms with Crippen molar-refractivity contribution >= 4 is 5.91 Å². The first kappa shape index (κ1) is 15.9. The van der Waals surface area contributed by atoms with Crippen molar-refractivity contribution in [2.45, 2.75) is 64.4 Å². The van der Waals surface area contributed by atoms with Gasteiger partial charge in [0.2, 0.25) is 11.8 Å². The zero-order chi connectivity index (χ0) is 15.5. The average Bonchev–Trinajstić information content (AvgIpc) is 3.21. The molecular weight excluding hydrogens is 270 g/mol. The van der Waals surface area contributed by atoms with Crippen molar-refractivity contribution < 1.29 is 14.4 Å². The van der Waals surface area contributed by atoms with Crippen molar-refractivity contribution in [1.29, 1.82) is 0 Å². The highest BCUT2D eigenvalue weighted by atomic mass is 16.5. The monoisotopic (exact) mass is 295 g/mol. The van der Waals surface area contributed by atoms with Gasteiger partial charge in [-0.2, -0.15) is 4.98 Å². The average molecular weight is 295 g/mol. The molecule has 0 bridgehead atoms. The summed E-state index contributed by atoms with van der Waals surface area (Å²) in [5.41, 5.74) is -0.881. The number of aryl methyl sites for hydroxylation is 1. The third-order valence-corrected chi connectivity index (χ3v) is 4.31. The van der Waals surface area contributed by atoms with E-state index in [4.69, 9.17) is 4.52 Å². The second-order valence-corrected chi connectivity index (χ2v) is 6.26. The minimum absolute atomic E-state index is 0.107. The topological polar surface area (TPSA) is 88.2 Å². The summed E-state index contributed by atoms with van der Waals surface area (Å²) in [4.78, 5) is 16.1. The zero-order valence-electron chi connectivity index (χ0n) is 13.1. The first-order valence-electron chi connectivity index (χ1n) is 7.74. The number of carbonyl (C=O) groups is 1. The molecule has 1 fully saturated rings. The van der Waals surface area contributed by atoms with E-state index in [1.807, 2.05) is 13.8 Å². The second-order valence-electron chi connectivity index (χ2n) is 6.26. The Balaban J connectivity index is 1.71. The molecule has 0 radical (unpaired) electrons. The summed E-state index contributed by atoms with van der Waals surface area (Å²) in [6.45, 7) is 6.01. The van der Waals surface area contributed by atoms with Crippen LogP contribution in [0.25, 0.3) is 0 Å². The van der Waals surface area contributed by atoms with E-state index >= 15 is 0 Å². The highest BCUT2D eigenvalue weighted by Crippen LogP contribution is 2.38. The molecule has 1 aliphatic carbocycles. The smallest absolute Gasteiger partial charge is 0.227 e. The fraction of sp³-hybridized carbons (Fsp3) is 0.800. The Morgan fingerprint density at radius 2 is 2.29 bits per heavy atom. The molecule has 0 spiro atoms. The minimum atomic E-state index is -0.881. The highest BCUT2D eigenvalue weighted by molar-refractivity contribution is 5.76. The Morgan fingerprint density at radius 3 is 2.90 bits per heavy atom. The number of aliphatic hydroxyl groups is 1. The Labute approximate surface area is 125 Å². The van der Waals surface area contributed by atoms with E-state index in [2.05, 4.69) is 15.5 Å². The van der Waals surface area contributed by atoms with E-state index in [-0.39, 0.29) is 18.4 Å². The van der Waals surface area contributed by atoms with Crippen molar-refractivity contribution in [3.05, 3.63) is 11.7 Å². The summed E-state index contributed by atoms with van der Waals surface area (Å²) < 4.78 is 5.13. The molecule has 6 nitrogen and oxygen atoms in total. The number of hydrogen-bond acceptors (Lipinski definition) is 5. The maximum absolute atomic E-state index is 11.8. The minimum Gasteiger partial charge on any atom is -0.388 e. The molecule has 6 heteroatoms. The summed E-state index contributed by atoms with van der Waals surface area (Å²) >= 11 is 0. The Kier molecular flexibility index (Phi) is 4.98. The van der Waals surface area contributed by atoms with Gasteiger partial charge in [-0.1, -0.05) is 25.4 Å². The Bertz CT molecular complexity index is 480. The largest absolute Gasteiger partial charge is 0.388 e. The fourth-order valence-corrected chi connectivity index (χ4v) is 2.08. The van der Waals surface area contributed by atoms with Gasteiger partial charge in [-0.15, -0.1) is 0 Å². The van der Waals surface area contributed by atoms with Gasteiger partial charge in [0.1, 0.15) is 0 Å². The SMILES string of the molecule is CCC(C)C(C)(O)CNC(=O)CCc1nc(C2CC2)no1. The van der Waals surface area contributed by atoms with E-state index in [0.29, 0.717) is 24.7 Å². The lowest BCUT2D eigenvalue weighted by Crippen LogP contribution is -2.45. The zero-order valence-corrected chi connectivity index (χ0v) is 13.1. The van der Waals surface area contributed by atoms with Gasteiger partial charge >= 0.3 is 0 Å². The predicted molar refractivity (Wildman–Crippen MR) is 77.7 cm³/mol. The predicted octanol–water partition coefficient (Wildman–Crippen LogP) is 1.79. The molecule has 2 rings (SSSR count). The summed E-state index contributed by atoms with van der Waals surface area (Å²) in [6.07, 6.45) is 3.86. The lowest BCUT2D eigenvalue weighted by atomic mass is 9.88. The number of rotatable bonds is 8. The number of carbonyl (C=O) groups excluding carboxylic acids is 1. The molecule has 0 aromatic carbocycles. The molecule has 1 aromatic rings.